The largest absolute Gasteiger partial charge is 0.507 e. The molecule has 1 saturated carbocycles. The van der Waals surface area contributed by atoms with Crippen LogP contribution in [-0.4, -0.2) is 22.1 Å². The molecule has 0 spiro atoms. The molecule has 3 nitrogen and oxygen atoms in total. The molecule has 0 amide bonds. The third kappa shape index (κ3) is 2.37. The first-order valence-corrected chi connectivity index (χ1v) is 6.60. The summed E-state index contributed by atoms with van der Waals surface area (Å²) in [6, 6.07) is 3.19. The van der Waals surface area contributed by atoms with Crippen LogP contribution in [0.25, 0.3) is 0 Å². The van der Waals surface area contributed by atoms with Crippen molar-refractivity contribution in [1.82, 2.24) is 0 Å². The van der Waals surface area contributed by atoms with Crippen molar-refractivity contribution >= 4 is 5.97 Å². The van der Waals surface area contributed by atoms with E-state index in [2.05, 4.69) is 0 Å². The molecule has 1 fully saturated rings. The van der Waals surface area contributed by atoms with Gasteiger partial charge in [0.2, 0.25) is 5.92 Å². The molecule has 0 bridgehead atoms. The third-order valence-corrected chi connectivity index (χ3v) is 4.29. The molecular formula is C15H18F2O3. The Kier molecular flexibility index (Phi) is 3.48. The minimum Gasteiger partial charge on any atom is -0.507 e. The number of aromatic hydroxyl groups is 1. The van der Waals surface area contributed by atoms with Crippen LogP contribution in [0, 0.1) is 13.8 Å². The number of hydrogen-bond acceptors (Lipinski definition) is 2. The molecule has 5 heteroatoms. The molecule has 1 aliphatic rings. The van der Waals surface area contributed by atoms with Crippen molar-refractivity contribution in [3.8, 4) is 5.75 Å². The van der Waals surface area contributed by atoms with Gasteiger partial charge in [0.15, 0.2) is 0 Å². The minimum absolute atomic E-state index is 0.0843. The molecule has 0 atom stereocenters. The third-order valence-electron chi connectivity index (χ3n) is 4.29. The van der Waals surface area contributed by atoms with E-state index in [0.717, 1.165) is 0 Å². The highest BCUT2D eigenvalue weighted by atomic mass is 19.3. The maximum atomic E-state index is 13.3. The molecule has 0 aliphatic heterocycles. The van der Waals surface area contributed by atoms with Gasteiger partial charge in [0.25, 0.3) is 0 Å². The summed E-state index contributed by atoms with van der Waals surface area (Å²) in [5.41, 5.74) is 0.370. The smallest absolute Gasteiger partial charge is 0.314 e. The van der Waals surface area contributed by atoms with Crippen LogP contribution in [0.5, 0.6) is 5.75 Å². The van der Waals surface area contributed by atoms with Crippen molar-refractivity contribution in [1.29, 1.82) is 0 Å². The average Bonchev–Trinajstić information content (AvgIpc) is 2.35. The van der Waals surface area contributed by atoms with Gasteiger partial charge in [0, 0.05) is 12.8 Å². The van der Waals surface area contributed by atoms with Gasteiger partial charge >= 0.3 is 5.97 Å². The van der Waals surface area contributed by atoms with Crippen molar-refractivity contribution in [3.63, 3.8) is 0 Å². The summed E-state index contributed by atoms with van der Waals surface area (Å²) in [6.07, 6.45) is -1.01. The Hall–Kier alpha value is -1.65. The summed E-state index contributed by atoms with van der Waals surface area (Å²) >= 11 is 0. The number of alkyl halides is 2. The zero-order chi connectivity index (χ0) is 15.1. The van der Waals surface area contributed by atoms with Gasteiger partial charge in [-0.25, -0.2) is 8.78 Å². The number of hydrogen-bond donors (Lipinski definition) is 2. The van der Waals surface area contributed by atoms with Crippen molar-refractivity contribution in [2.75, 3.05) is 0 Å². The standard InChI is InChI=1S/C15H18F2O3/c1-9-7-11(8-10(2)12(9)18)14(13(19)20)3-5-15(16,17)6-4-14/h7-8,18H,3-6H2,1-2H3,(H,19,20). The van der Waals surface area contributed by atoms with E-state index in [1.807, 2.05) is 0 Å². The molecule has 0 aromatic heterocycles. The number of carboxylic acids is 1. The van der Waals surface area contributed by atoms with Crippen LogP contribution in [0.3, 0.4) is 0 Å². The summed E-state index contributed by atoms with van der Waals surface area (Å²) in [5, 5.41) is 19.3. The van der Waals surface area contributed by atoms with Gasteiger partial charge in [-0.05, 0) is 43.4 Å². The van der Waals surface area contributed by atoms with Gasteiger partial charge in [-0.2, -0.15) is 0 Å². The summed E-state index contributed by atoms with van der Waals surface area (Å²) in [4.78, 5) is 11.7. The lowest BCUT2D eigenvalue weighted by Crippen LogP contribution is -2.42. The number of benzene rings is 1. The second kappa shape index (κ2) is 4.72. The summed E-state index contributed by atoms with van der Waals surface area (Å²) in [7, 11) is 0. The van der Waals surface area contributed by atoms with E-state index in [0.29, 0.717) is 16.7 Å². The summed E-state index contributed by atoms with van der Waals surface area (Å²) in [6.45, 7) is 3.36. The molecule has 0 radical (unpaired) electrons. The van der Waals surface area contributed by atoms with Gasteiger partial charge in [-0.3, -0.25) is 4.79 Å². The van der Waals surface area contributed by atoms with Crippen LogP contribution in [-0.2, 0) is 10.2 Å². The molecule has 2 rings (SSSR count). The fraction of sp³-hybridized carbons (Fsp3) is 0.533. The number of rotatable bonds is 2. The molecule has 1 aliphatic carbocycles. The van der Waals surface area contributed by atoms with Crippen LogP contribution in [0.2, 0.25) is 0 Å². The number of halogens is 2. The fourth-order valence-corrected chi connectivity index (χ4v) is 2.90. The zero-order valence-electron chi connectivity index (χ0n) is 11.5. The predicted octanol–water partition coefficient (Wildman–Crippen LogP) is 3.54. The average molecular weight is 284 g/mol. The second-order valence-electron chi connectivity index (χ2n) is 5.70. The Balaban J connectivity index is 2.48. The van der Waals surface area contributed by atoms with E-state index in [1.165, 1.54) is 0 Å². The molecule has 1 aromatic rings. The monoisotopic (exact) mass is 284 g/mol. The first kappa shape index (κ1) is 14.8. The van der Waals surface area contributed by atoms with E-state index in [-0.39, 0.29) is 18.6 Å². The Labute approximate surface area is 116 Å². The molecule has 110 valence electrons. The normalized spacial score (nSPS) is 20.6. The van der Waals surface area contributed by atoms with E-state index >= 15 is 0 Å². The summed E-state index contributed by atoms with van der Waals surface area (Å²) < 4.78 is 26.6. The molecule has 0 unspecified atom stereocenters. The van der Waals surface area contributed by atoms with Crippen molar-refractivity contribution in [3.05, 3.63) is 28.8 Å². The minimum atomic E-state index is -2.78. The lowest BCUT2D eigenvalue weighted by molar-refractivity contribution is -0.149. The maximum absolute atomic E-state index is 13.3. The SMILES string of the molecule is Cc1cc(C2(C(=O)O)CCC(F)(F)CC2)cc(C)c1O. The molecule has 1 aromatic carbocycles. The topological polar surface area (TPSA) is 57.5 Å². The van der Waals surface area contributed by atoms with Gasteiger partial charge in [-0.15, -0.1) is 0 Å². The summed E-state index contributed by atoms with van der Waals surface area (Å²) in [5.74, 6) is -3.73. The van der Waals surface area contributed by atoms with E-state index in [1.54, 1.807) is 26.0 Å². The highest BCUT2D eigenvalue weighted by molar-refractivity contribution is 5.82. The lowest BCUT2D eigenvalue weighted by Gasteiger charge is -2.37. The molecule has 0 heterocycles. The first-order chi connectivity index (χ1) is 9.18. The second-order valence-corrected chi connectivity index (χ2v) is 5.70. The highest BCUT2D eigenvalue weighted by Crippen LogP contribution is 2.46. The first-order valence-electron chi connectivity index (χ1n) is 6.60. The maximum Gasteiger partial charge on any atom is 0.314 e. The van der Waals surface area contributed by atoms with E-state index < -0.39 is 30.1 Å². The fourth-order valence-electron chi connectivity index (χ4n) is 2.90. The number of aliphatic carboxylic acids is 1. The van der Waals surface area contributed by atoms with E-state index in [4.69, 9.17) is 0 Å². The number of carbonyl (C=O) groups is 1. The number of aryl methyl sites for hydroxylation is 2. The van der Waals surface area contributed by atoms with Crippen LogP contribution in [0.1, 0.15) is 42.4 Å². The van der Waals surface area contributed by atoms with Gasteiger partial charge in [0.05, 0.1) is 5.41 Å². The van der Waals surface area contributed by atoms with Crippen LogP contribution < -0.4 is 0 Å². The molecular weight excluding hydrogens is 266 g/mol. The number of phenols is 1. The van der Waals surface area contributed by atoms with Crippen LogP contribution in [0.4, 0.5) is 8.78 Å². The van der Waals surface area contributed by atoms with Gasteiger partial charge in [-0.1, -0.05) is 12.1 Å². The Morgan fingerprint density at radius 2 is 1.55 bits per heavy atom. The molecule has 20 heavy (non-hydrogen) atoms. The molecule has 0 saturated heterocycles. The Morgan fingerprint density at radius 1 is 1.10 bits per heavy atom. The van der Waals surface area contributed by atoms with Gasteiger partial charge in [0.1, 0.15) is 5.75 Å². The van der Waals surface area contributed by atoms with Crippen LogP contribution >= 0.6 is 0 Å². The van der Waals surface area contributed by atoms with Gasteiger partial charge < -0.3 is 10.2 Å². The number of phenolic OH excluding ortho intramolecular Hbond substituents is 1. The van der Waals surface area contributed by atoms with Crippen molar-refractivity contribution in [2.45, 2.75) is 50.9 Å². The van der Waals surface area contributed by atoms with Crippen molar-refractivity contribution in [2.24, 2.45) is 0 Å². The quantitative estimate of drug-likeness (QED) is 0.873. The Morgan fingerprint density at radius 3 is 1.95 bits per heavy atom. The Bertz CT molecular complexity index is 519. The highest BCUT2D eigenvalue weighted by Gasteiger charge is 2.49. The molecule has 2 N–H and O–H groups in total. The predicted molar refractivity (Wildman–Crippen MR) is 70.3 cm³/mol. The van der Waals surface area contributed by atoms with Crippen molar-refractivity contribution < 1.29 is 23.8 Å². The lowest BCUT2D eigenvalue weighted by atomic mass is 9.68. The van der Waals surface area contributed by atoms with E-state index in [9.17, 15) is 23.8 Å². The van der Waals surface area contributed by atoms with Crippen LogP contribution in [0.15, 0.2) is 12.1 Å². The number of carboxylic acid groups (broad SMARTS) is 1. The zero-order valence-corrected chi connectivity index (χ0v) is 11.5.